The molecule has 2 aromatic rings. The van der Waals surface area contributed by atoms with Gasteiger partial charge in [-0.15, -0.1) is 0 Å². The maximum absolute atomic E-state index is 13.4. The maximum Gasteiger partial charge on any atom is 0.250 e. The van der Waals surface area contributed by atoms with Gasteiger partial charge in [0.25, 0.3) is 0 Å². The first-order valence-corrected chi connectivity index (χ1v) is 9.77. The molecule has 3 aliphatic rings. The Bertz CT molecular complexity index is 942. The van der Waals surface area contributed by atoms with E-state index in [4.69, 9.17) is 4.74 Å². The number of nitrogens with zero attached hydrogens (tertiary/aromatic N) is 1. The number of fused-ring (bicyclic) bond motifs is 4. The van der Waals surface area contributed by atoms with E-state index in [1.165, 1.54) is 0 Å². The Labute approximate surface area is 163 Å². The summed E-state index contributed by atoms with van der Waals surface area (Å²) in [4.78, 5) is 28.9. The molecule has 144 valence electrons. The van der Waals surface area contributed by atoms with E-state index in [1.54, 1.807) is 7.11 Å². The fourth-order valence-electron chi connectivity index (χ4n) is 5.28. The van der Waals surface area contributed by atoms with Crippen LogP contribution in [-0.2, 0) is 15.1 Å². The molecule has 3 atom stereocenters. The van der Waals surface area contributed by atoms with Crippen molar-refractivity contribution in [3.05, 3.63) is 54.1 Å². The van der Waals surface area contributed by atoms with E-state index in [0.29, 0.717) is 12.1 Å². The van der Waals surface area contributed by atoms with Gasteiger partial charge in [-0.1, -0.05) is 18.2 Å². The van der Waals surface area contributed by atoms with Gasteiger partial charge in [0, 0.05) is 23.0 Å². The van der Waals surface area contributed by atoms with E-state index in [0.717, 1.165) is 36.4 Å². The van der Waals surface area contributed by atoms with Crippen LogP contribution in [0.2, 0.25) is 0 Å². The number of carbonyl (C=O) groups is 2. The first kappa shape index (κ1) is 17.3. The lowest BCUT2D eigenvalue weighted by Crippen LogP contribution is -2.53. The molecule has 2 aromatic carbocycles. The number of ether oxygens (including phenoxy) is 1. The minimum absolute atomic E-state index is 0.0759. The maximum atomic E-state index is 13.4. The molecular formula is C22H23N3O3. The van der Waals surface area contributed by atoms with Gasteiger partial charge in [0.05, 0.1) is 13.0 Å². The Balaban J connectivity index is 1.53. The van der Waals surface area contributed by atoms with E-state index >= 15 is 0 Å². The number of amides is 2. The third kappa shape index (κ3) is 2.31. The van der Waals surface area contributed by atoms with Gasteiger partial charge in [-0.2, -0.15) is 0 Å². The van der Waals surface area contributed by atoms with E-state index in [1.807, 2.05) is 48.5 Å². The number of benzene rings is 2. The highest BCUT2D eigenvalue weighted by Gasteiger charge is 2.65. The fourth-order valence-corrected chi connectivity index (χ4v) is 5.28. The molecule has 3 unspecified atom stereocenters. The molecule has 0 bridgehead atoms. The van der Waals surface area contributed by atoms with Crippen molar-refractivity contribution in [2.45, 2.75) is 30.8 Å². The summed E-state index contributed by atoms with van der Waals surface area (Å²) in [6.45, 7) is 0.846. The van der Waals surface area contributed by atoms with Gasteiger partial charge >= 0.3 is 0 Å². The highest BCUT2D eigenvalue weighted by Crippen LogP contribution is 2.55. The third-order valence-electron chi connectivity index (χ3n) is 6.45. The van der Waals surface area contributed by atoms with Crippen molar-refractivity contribution in [3.63, 3.8) is 0 Å². The second-order valence-electron chi connectivity index (χ2n) is 7.76. The third-order valence-corrected chi connectivity index (χ3v) is 6.45. The van der Waals surface area contributed by atoms with Crippen molar-refractivity contribution < 1.29 is 14.3 Å². The summed E-state index contributed by atoms with van der Waals surface area (Å²) >= 11 is 0. The van der Waals surface area contributed by atoms with Crippen molar-refractivity contribution in [3.8, 4) is 5.75 Å². The summed E-state index contributed by atoms with van der Waals surface area (Å²) in [5, 5.41) is 6.06. The molecule has 2 fully saturated rings. The molecule has 6 heteroatoms. The molecule has 1 spiro atoms. The molecular weight excluding hydrogens is 354 g/mol. The second-order valence-corrected chi connectivity index (χ2v) is 7.76. The Kier molecular flexibility index (Phi) is 3.91. The average molecular weight is 377 g/mol. The van der Waals surface area contributed by atoms with Gasteiger partial charge in [0.1, 0.15) is 11.3 Å². The first-order valence-electron chi connectivity index (χ1n) is 9.77. The highest BCUT2D eigenvalue weighted by molar-refractivity contribution is 6.10. The second kappa shape index (κ2) is 6.34. The van der Waals surface area contributed by atoms with Gasteiger partial charge in [-0.25, -0.2) is 0 Å². The number of carbonyl (C=O) groups excluding carboxylic acids is 2. The lowest BCUT2D eigenvalue weighted by Gasteiger charge is -2.36. The quantitative estimate of drug-likeness (QED) is 0.863. The van der Waals surface area contributed by atoms with Gasteiger partial charge in [0.2, 0.25) is 11.8 Å². The summed E-state index contributed by atoms with van der Waals surface area (Å²) in [7, 11) is 1.61. The number of methoxy groups -OCH3 is 1. The Morgan fingerprint density at radius 2 is 2.00 bits per heavy atom. The molecule has 6 nitrogen and oxygen atoms in total. The van der Waals surface area contributed by atoms with Gasteiger partial charge < -0.3 is 15.4 Å². The number of rotatable bonds is 3. The molecule has 0 radical (unpaired) electrons. The monoisotopic (exact) mass is 377 g/mol. The predicted octanol–water partition coefficient (Wildman–Crippen LogP) is 2.97. The van der Waals surface area contributed by atoms with Crippen LogP contribution in [0.25, 0.3) is 0 Å². The first-order chi connectivity index (χ1) is 13.6. The Morgan fingerprint density at radius 3 is 2.79 bits per heavy atom. The van der Waals surface area contributed by atoms with E-state index < -0.39 is 11.5 Å². The lowest BCUT2D eigenvalue weighted by molar-refractivity contribution is -0.135. The molecule has 0 aromatic heterocycles. The SMILES string of the molecule is COc1ccc(NC(=O)C2CC3CCCN3C23C(=O)Nc2ccccc23)cc1. The minimum atomic E-state index is -0.908. The van der Waals surface area contributed by atoms with Gasteiger partial charge in [0.15, 0.2) is 0 Å². The molecule has 2 saturated heterocycles. The lowest BCUT2D eigenvalue weighted by atomic mass is 9.78. The van der Waals surface area contributed by atoms with Crippen molar-refractivity contribution in [2.75, 3.05) is 24.3 Å². The molecule has 2 amide bonds. The van der Waals surface area contributed by atoms with E-state index in [-0.39, 0.29) is 17.9 Å². The summed E-state index contributed by atoms with van der Waals surface area (Å²) in [6.07, 6.45) is 2.79. The summed E-state index contributed by atoms with van der Waals surface area (Å²) in [5.74, 6) is 0.128. The van der Waals surface area contributed by atoms with Crippen LogP contribution >= 0.6 is 0 Å². The molecule has 0 saturated carbocycles. The van der Waals surface area contributed by atoms with Crippen LogP contribution in [0, 0.1) is 5.92 Å². The summed E-state index contributed by atoms with van der Waals surface area (Å²) < 4.78 is 5.18. The largest absolute Gasteiger partial charge is 0.497 e. The zero-order chi connectivity index (χ0) is 19.3. The fraction of sp³-hybridized carbons (Fsp3) is 0.364. The van der Waals surface area contributed by atoms with Crippen LogP contribution in [0.4, 0.5) is 11.4 Å². The normalized spacial score (nSPS) is 28.1. The van der Waals surface area contributed by atoms with E-state index in [2.05, 4.69) is 15.5 Å². The van der Waals surface area contributed by atoms with Gasteiger partial charge in [-0.05, 0) is 56.1 Å². The Hall–Kier alpha value is -2.86. The van der Waals surface area contributed by atoms with Gasteiger partial charge in [-0.3, -0.25) is 14.5 Å². The molecule has 3 aliphatic heterocycles. The minimum Gasteiger partial charge on any atom is -0.497 e. The van der Waals surface area contributed by atoms with Crippen LogP contribution in [0.5, 0.6) is 5.75 Å². The zero-order valence-corrected chi connectivity index (χ0v) is 15.8. The van der Waals surface area contributed by atoms with Crippen LogP contribution in [-0.4, -0.2) is 36.4 Å². The number of anilines is 2. The standard InChI is InChI=1S/C22H23N3O3/c1-28-16-10-8-14(9-11-16)23-20(26)18-13-15-5-4-12-25(15)22(18)17-6-2-3-7-19(17)24-21(22)27/h2-3,6-11,15,18H,4-5,12-13H2,1H3,(H,23,26)(H,24,27). The van der Waals surface area contributed by atoms with Crippen molar-refractivity contribution in [1.82, 2.24) is 4.90 Å². The van der Waals surface area contributed by atoms with Crippen molar-refractivity contribution in [2.24, 2.45) is 5.92 Å². The van der Waals surface area contributed by atoms with Crippen LogP contribution in [0.1, 0.15) is 24.8 Å². The Morgan fingerprint density at radius 1 is 1.21 bits per heavy atom. The van der Waals surface area contributed by atoms with Crippen LogP contribution in [0.15, 0.2) is 48.5 Å². The molecule has 2 N–H and O–H groups in total. The van der Waals surface area contributed by atoms with Crippen LogP contribution in [0.3, 0.4) is 0 Å². The topological polar surface area (TPSA) is 70.7 Å². The number of para-hydroxylation sites is 1. The number of hydrogen-bond acceptors (Lipinski definition) is 4. The number of nitrogens with one attached hydrogen (secondary N) is 2. The zero-order valence-electron chi connectivity index (χ0n) is 15.8. The predicted molar refractivity (Wildman–Crippen MR) is 106 cm³/mol. The average Bonchev–Trinajstić information content (AvgIpc) is 3.37. The molecule has 0 aliphatic carbocycles. The molecule has 3 heterocycles. The van der Waals surface area contributed by atoms with Crippen LogP contribution < -0.4 is 15.4 Å². The highest BCUT2D eigenvalue weighted by atomic mass is 16.5. The van der Waals surface area contributed by atoms with Crippen molar-refractivity contribution >= 4 is 23.2 Å². The molecule has 28 heavy (non-hydrogen) atoms. The summed E-state index contributed by atoms with van der Waals surface area (Å²) in [5.41, 5.74) is 1.55. The summed E-state index contributed by atoms with van der Waals surface area (Å²) in [6, 6.07) is 15.3. The smallest absolute Gasteiger partial charge is 0.250 e. The van der Waals surface area contributed by atoms with Crippen molar-refractivity contribution in [1.29, 1.82) is 0 Å². The number of hydrogen-bond donors (Lipinski definition) is 2. The van der Waals surface area contributed by atoms with E-state index in [9.17, 15) is 9.59 Å². The molecule has 5 rings (SSSR count).